The summed E-state index contributed by atoms with van der Waals surface area (Å²) in [4.78, 5) is 30.1. The number of amides is 1. The number of anilines is 1. The first kappa shape index (κ1) is 20.2. The zero-order valence-electron chi connectivity index (χ0n) is 16.0. The zero-order chi connectivity index (χ0) is 20.8. The van der Waals surface area contributed by atoms with E-state index in [0.717, 1.165) is 0 Å². The number of carbonyl (C=O) groups is 2. The fourth-order valence-electron chi connectivity index (χ4n) is 2.64. The largest absolute Gasteiger partial charge is 0.453 e. The van der Waals surface area contributed by atoms with Gasteiger partial charge in [-0.05, 0) is 43.3 Å². The van der Waals surface area contributed by atoms with Gasteiger partial charge < -0.3 is 14.2 Å². The molecule has 1 heterocycles. The number of hydrogen-bond donors (Lipinski definition) is 0. The number of aromatic nitrogens is 2. The molecule has 29 heavy (non-hydrogen) atoms. The minimum absolute atomic E-state index is 0.0161. The molecule has 0 fully saturated rings. The van der Waals surface area contributed by atoms with E-state index in [2.05, 4.69) is 10.1 Å². The highest BCUT2D eigenvalue weighted by Gasteiger charge is 2.22. The smallest absolute Gasteiger partial charge is 0.307 e. The monoisotopic (exact) mass is 397 g/mol. The van der Waals surface area contributed by atoms with Crippen molar-refractivity contribution in [2.75, 3.05) is 11.9 Å². The minimum Gasteiger partial charge on any atom is -0.453 e. The minimum atomic E-state index is -0.926. The Kier molecular flexibility index (Phi) is 6.33. The van der Waals surface area contributed by atoms with Gasteiger partial charge >= 0.3 is 5.97 Å². The quantitative estimate of drug-likeness (QED) is 0.568. The molecule has 1 amide bonds. The average Bonchev–Trinajstić information content (AvgIpc) is 3.21. The Morgan fingerprint density at radius 1 is 1.14 bits per heavy atom. The van der Waals surface area contributed by atoms with Gasteiger partial charge in [-0.1, -0.05) is 23.4 Å². The van der Waals surface area contributed by atoms with Crippen LogP contribution in [0, 0.1) is 5.82 Å². The number of rotatable bonds is 7. The van der Waals surface area contributed by atoms with Crippen LogP contribution in [0.25, 0.3) is 11.4 Å². The summed E-state index contributed by atoms with van der Waals surface area (Å²) in [5, 5.41) is 3.82. The van der Waals surface area contributed by atoms with E-state index in [1.54, 1.807) is 19.2 Å². The van der Waals surface area contributed by atoms with Crippen LogP contribution in [0.4, 0.5) is 10.1 Å². The molecule has 0 spiro atoms. The summed E-state index contributed by atoms with van der Waals surface area (Å²) >= 11 is 0. The van der Waals surface area contributed by atoms with E-state index in [0.29, 0.717) is 17.1 Å². The van der Waals surface area contributed by atoms with E-state index in [1.807, 2.05) is 18.2 Å². The van der Waals surface area contributed by atoms with Crippen LogP contribution in [0.3, 0.4) is 0 Å². The van der Waals surface area contributed by atoms with Crippen molar-refractivity contribution in [3.8, 4) is 11.4 Å². The molecule has 1 unspecified atom stereocenters. The van der Waals surface area contributed by atoms with Crippen LogP contribution in [-0.2, 0) is 20.7 Å². The number of aryl methyl sites for hydroxylation is 1. The summed E-state index contributed by atoms with van der Waals surface area (Å²) in [6.07, 6.45) is -0.773. The van der Waals surface area contributed by atoms with E-state index in [9.17, 15) is 14.0 Å². The molecule has 7 nitrogen and oxygen atoms in total. The predicted octanol–water partition coefficient (Wildman–Crippen LogP) is 3.40. The molecule has 8 heteroatoms. The van der Waals surface area contributed by atoms with Gasteiger partial charge in [0.15, 0.2) is 6.10 Å². The molecule has 1 aromatic heterocycles. The van der Waals surface area contributed by atoms with Gasteiger partial charge in [0.2, 0.25) is 11.7 Å². The standard InChI is InChI=1S/C21H20FN3O4/c1-14(21(27)25(2)17-6-4-3-5-7-17)28-19(26)13-12-18-23-20(24-29-18)15-8-10-16(22)11-9-15/h3-11,14H,12-13H2,1-2H3. The fraction of sp³-hybridized carbons (Fsp3) is 0.238. The van der Waals surface area contributed by atoms with Gasteiger partial charge in [0.1, 0.15) is 5.82 Å². The second-order valence-electron chi connectivity index (χ2n) is 6.38. The van der Waals surface area contributed by atoms with Crippen molar-refractivity contribution in [1.82, 2.24) is 10.1 Å². The summed E-state index contributed by atoms with van der Waals surface area (Å²) in [5.74, 6) is -0.681. The maximum atomic E-state index is 13.0. The predicted molar refractivity (Wildman–Crippen MR) is 103 cm³/mol. The molecule has 0 aliphatic rings. The van der Waals surface area contributed by atoms with Crippen molar-refractivity contribution >= 4 is 17.6 Å². The number of hydrogen-bond acceptors (Lipinski definition) is 6. The van der Waals surface area contributed by atoms with Crippen LogP contribution in [-0.4, -0.2) is 35.2 Å². The summed E-state index contributed by atoms with van der Waals surface area (Å²) in [6.45, 7) is 1.53. The maximum Gasteiger partial charge on any atom is 0.307 e. The Balaban J connectivity index is 1.51. The van der Waals surface area contributed by atoms with Crippen molar-refractivity contribution in [1.29, 1.82) is 0 Å². The topological polar surface area (TPSA) is 85.5 Å². The first-order chi connectivity index (χ1) is 13.9. The molecule has 1 atom stereocenters. The molecular weight excluding hydrogens is 377 g/mol. The molecule has 0 radical (unpaired) electrons. The molecule has 2 aromatic carbocycles. The van der Waals surface area contributed by atoms with E-state index >= 15 is 0 Å². The number of halogens is 1. The van der Waals surface area contributed by atoms with E-state index < -0.39 is 12.1 Å². The molecule has 0 aliphatic carbocycles. The Labute approximate surface area is 167 Å². The number of ether oxygens (including phenoxy) is 1. The van der Waals surface area contributed by atoms with Crippen LogP contribution < -0.4 is 4.90 Å². The maximum absolute atomic E-state index is 13.0. The van der Waals surface area contributed by atoms with Gasteiger partial charge in [-0.15, -0.1) is 0 Å². The highest BCUT2D eigenvalue weighted by molar-refractivity contribution is 5.96. The van der Waals surface area contributed by atoms with Gasteiger partial charge in [0, 0.05) is 24.7 Å². The molecule has 150 valence electrons. The van der Waals surface area contributed by atoms with Gasteiger partial charge in [-0.2, -0.15) is 4.98 Å². The zero-order valence-corrected chi connectivity index (χ0v) is 16.0. The van der Waals surface area contributed by atoms with Crippen molar-refractivity contribution in [2.45, 2.75) is 25.9 Å². The van der Waals surface area contributed by atoms with Gasteiger partial charge in [0.25, 0.3) is 5.91 Å². The highest BCUT2D eigenvalue weighted by Crippen LogP contribution is 2.17. The lowest BCUT2D eigenvalue weighted by Crippen LogP contribution is -2.37. The second kappa shape index (κ2) is 9.09. The molecule has 0 N–H and O–H groups in total. The Hall–Kier alpha value is -3.55. The van der Waals surface area contributed by atoms with E-state index in [4.69, 9.17) is 9.26 Å². The number of esters is 1. The summed E-state index contributed by atoms with van der Waals surface area (Å²) in [5.41, 5.74) is 1.31. The Morgan fingerprint density at radius 3 is 2.52 bits per heavy atom. The van der Waals surface area contributed by atoms with Gasteiger partial charge in [-0.25, -0.2) is 4.39 Å². The molecule has 3 rings (SSSR count). The lowest BCUT2D eigenvalue weighted by atomic mass is 10.2. The fourth-order valence-corrected chi connectivity index (χ4v) is 2.64. The normalized spacial score (nSPS) is 11.7. The van der Waals surface area contributed by atoms with Gasteiger partial charge in [0.05, 0.1) is 6.42 Å². The van der Waals surface area contributed by atoms with Crippen molar-refractivity contribution in [2.24, 2.45) is 0 Å². The lowest BCUT2D eigenvalue weighted by molar-refractivity contribution is -0.153. The number of benzene rings is 2. The van der Waals surface area contributed by atoms with Crippen LogP contribution in [0.15, 0.2) is 59.1 Å². The molecule has 0 saturated carbocycles. The Bertz CT molecular complexity index is 973. The van der Waals surface area contributed by atoms with Crippen LogP contribution >= 0.6 is 0 Å². The summed E-state index contributed by atoms with van der Waals surface area (Å²) < 4.78 is 23.3. The molecule has 3 aromatic rings. The van der Waals surface area contributed by atoms with Gasteiger partial charge in [-0.3, -0.25) is 9.59 Å². The lowest BCUT2D eigenvalue weighted by Gasteiger charge is -2.21. The number of carbonyl (C=O) groups excluding carboxylic acids is 2. The van der Waals surface area contributed by atoms with Crippen molar-refractivity contribution in [3.63, 3.8) is 0 Å². The average molecular weight is 397 g/mol. The van der Waals surface area contributed by atoms with Crippen LogP contribution in [0.5, 0.6) is 0 Å². The highest BCUT2D eigenvalue weighted by atomic mass is 19.1. The van der Waals surface area contributed by atoms with E-state index in [1.165, 1.54) is 36.1 Å². The molecular formula is C21H20FN3O4. The van der Waals surface area contributed by atoms with Crippen molar-refractivity contribution in [3.05, 3.63) is 66.3 Å². The first-order valence-electron chi connectivity index (χ1n) is 9.04. The Morgan fingerprint density at radius 2 is 1.83 bits per heavy atom. The number of likely N-dealkylation sites (N-methyl/N-ethyl adjacent to an activating group) is 1. The third-order valence-corrected chi connectivity index (χ3v) is 4.24. The van der Waals surface area contributed by atoms with Crippen LogP contribution in [0.2, 0.25) is 0 Å². The van der Waals surface area contributed by atoms with Crippen molar-refractivity contribution < 1.29 is 23.2 Å². The summed E-state index contributed by atoms with van der Waals surface area (Å²) in [7, 11) is 1.62. The molecule has 0 saturated heterocycles. The third-order valence-electron chi connectivity index (χ3n) is 4.24. The van der Waals surface area contributed by atoms with Crippen LogP contribution in [0.1, 0.15) is 19.2 Å². The van der Waals surface area contributed by atoms with E-state index in [-0.39, 0.29) is 30.5 Å². The second-order valence-corrected chi connectivity index (χ2v) is 6.38. The number of nitrogens with zero attached hydrogens (tertiary/aromatic N) is 3. The number of para-hydroxylation sites is 1. The summed E-state index contributed by atoms with van der Waals surface area (Å²) in [6, 6.07) is 14.7. The molecule has 0 aliphatic heterocycles. The first-order valence-corrected chi connectivity index (χ1v) is 9.04. The molecule has 0 bridgehead atoms. The SMILES string of the molecule is CC(OC(=O)CCc1nc(-c2ccc(F)cc2)no1)C(=O)N(C)c1ccccc1. The third kappa shape index (κ3) is 5.25.